The minimum absolute atomic E-state index is 0.129. The van der Waals surface area contributed by atoms with Crippen LogP contribution in [0.2, 0.25) is 5.15 Å². The molecule has 0 saturated carbocycles. The van der Waals surface area contributed by atoms with Gasteiger partial charge < -0.3 is 4.74 Å². The number of rotatable bonds is 2. The van der Waals surface area contributed by atoms with Crippen molar-refractivity contribution >= 4 is 27.5 Å². The summed E-state index contributed by atoms with van der Waals surface area (Å²) in [6.45, 7) is 1.86. The molecule has 1 unspecified atom stereocenters. The van der Waals surface area contributed by atoms with Gasteiger partial charge in [0.15, 0.2) is 5.82 Å². The van der Waals surface area contributed by atoms with Gasteiger partial charge in [0.2, 0.25) is 0 Å². The van der Waals surface area contributed by atoms with Crippen LogP contribution in [0.4, 0.5) is 0 Å². The zero-order valence-corrected chi connectivity index (χ0v) is 9.06. The highest BCUT2D eigenvalue weighted by Gasteiger charge is 2.08. The Kier molecular flexibility index (Phi) is 3.43. The molecule has 3 nitrogen and oxygen atoms in total. The zero-order chi connectivity index (χ0) is 9.14. The Balaban J connectivity index is 2.96. The van der Waals surface area contributed by atoms with Crippen molar-refractivity contribution < 1.29 is 4.74 Å². The lowest BCUT2D eigenvalue weighted by Crippen LogP contribution is -2.02. The van der Waals surface area contributed by atoms with E-state index in [0.29, 0.717) is 15.5 Å². The maximum Gasteiger partial charge on any atom is 0.158 e. The van der Waals surface area contributed by atoms with E-state index < -0.39 is 0 Å². The molecule has 1 aromatic rings. The summed E-state index contributed by atoms with van der Waals surface area (Å²) in [6, 6.07) is 0. The van der Waals surface area contributed by atoms with Crippen molar-refractivity contribution in [2.24, 2.45) is 0 Å². The summed E-state index contributed by atoms with van der Waals surface area (Å²) in [6.07, 6.45) is 1.48. The molecule has 0 fully saturated rings. The van der Waals surface area contributed by atoms with Crippen LogP contribution >= 0.6 is 27.5 Å². The van der Waals surface area contributed by atoms with E-state index in [9.17, 15) is 0 Å². The summed E-state index contributed by atoms with van der Waals surface area (Å²) in [5, 5.41) is 0.406. The molecule has 0 N–H and O–H groups in total. The lowest BCUT2D eigenvalue weighted by Gasteiger charge is -2.07. The lowest BCUT2D eigenvalue weighted by atomic mass is 10.4. The van der Waals surface area contributed by atoms with Crippen LogP contribution in [0.25, 0.3) is 0 Å². The molecular weight excluding hydrogens is 243 g/mol. The van der Waals surface area contributed by atoms with Gasteiger partial charge in [0, 0.05) is 13.3 Å². The molecule has 0 aliphatic carbocycles. The molecule has 0 amide bonds. The third kappa shape index (κ3) is 2.15. The molecule has 0 aliphatic rings. The molecule has 0 radical (unpaired) electrons. The van der Waals surface area contributed by atoms with Crippen LogP contribution in [0.5, 0.6) is 0 Å². The zero-order valence-electron chi connectivity index (χ0n) is 6.71. The summed E-state index contributed by atoms with van der Waals surface area (Å²) in [5.41, 5.74) is 0. The van der Waals surface area contributed by atoms with Gasteiger partial charge in [-0.05, 0) is 22.9 Å². The van der Waals surface area contributed by atoms with Crippen molar-refractivity contribution in [1.82, 2.24) is 9.97 Å². The molecule has 5 heteroatoms. The minimum Gasteiger partial charge on any atom is -0.374 e. The van der Waals surface area contributed by atoms with Gasteiger partial charge in [-0.15, -0.1) is 0 Å². The SMILES string of the molecule is COC(C)c1ncc(Br)c(Cl)n1. The first kappa shape index (κ1) is 9.89. The Morgan fingerprint density at radius 1 is 1.67 bits per heavy atom. The van der Waals surface area contributed by atoms with Gasteiger partial charge in [0.25, 0.3) is 0 Å². The molecule has 12 heavy (non-hydrogen) atoms. The van der Waals surface area contributed by atoms with Gasteiger partial charge in [-0.1, -0.05) is 11.6 Å². The minimum atomic E-state index is -0.129. The number of methoxy groups -OCH3 is 1. The van der Waals surface area contributed by atoms with Crippen LogP contribution in [-0.2, 0) is 4.74 Å². The fourth-order valence-electron chi connectivity index (χ4n) is 0.660. The summed E-state index contributed by atoms with van der Waals surface area (Å²) in [5.74, 6) is 0.589. The van der Waals surface area contributed by atoms with E-state index in [1.54, 1.807) is 13.3 Å². The van der Waals surface area contributed by atoms with E-state index in [1.807, 2.05) is 6.92 Å². The summed E-state index contributed by atoms with van der Waals surface area (Å²) in [4.78, 5) is 8.07. The Morgan fingerprint density at radius 2 is 2.33 bits per heavy atom. The van der Waals surface area contributed by atoms with Crippen LogP contribution in [0, 0.1) is 0 Å². The number of ether oxygens (including phenoxy) is 1. The lowest BCUT2D eigenvalue weighted by molar-refractivity contribution is 0.112. The highest BCUT2D eigenvalue weighted by molar-refractivity contribution is 9.10. The molecule has 0 saturated heterocycles. The summed E-state index contributed by atoms with van der Waals surface area (Å²) < 4.78 is 5.72. The highest BCUT2D eigenvalue weighted by atomic mass is 79.9. The van der Waals surface area contributed by atoms with E-state index in [1.165, 1.54) is 0 Å². The Bertz CT molecular complexity index is 282. The topological polar surface area (TPSA) is 35.0 Å². The number of nitrogens with zero attached hydrogens (tertiary/aromatic N) is 2. The number of hydrogen-bond donors (Lipinski definition) is 0. The molecule has 0 aromatic carbocycles. The van der Waals surface area contributed by atoms with E-state index >= 15 is 0 Å². The normalized spacial score (nSPS) is 13.0. The quantitative estimate of drug-likeness (QED) is 0.758. The average molecular weight is 252 g/mol. The molecule has 1 aromatic heterocycles. The van der Waals surface area contributed by atoms with Crippen molar-refractivity contribution in [3.8, 4) is 0 Å². The van der Waals surface area contributed by atoms with E-state index in [0.717, 1.165) is 0 Å². The van der Waals surface area contributed by atoms with Crippen LogP contribution in [0.15, 0.2) is 10.7 Å². The van der Waals surface area contributed by atoms with Crippen LogP contribution < -0.4 is 0 Å². The van der Waals surface area contributed by atoms with Gasteiger partial charge >= 0.3 is 0 Å². The van der Waals surface area contributed by atoms with Gasteiger partial charge in [0.1, 0.15) is 11.3 Å². The third-order valence-corrected chi connectivity index (χ3v) is 2.53. The smallest absolute Gasteiger partial charge is 0.158 e. The number of hydrogen-bond acceptors (Lipinski definition) is 3. The number of aromatic nitrogens is 2. The molecule has 66 valence electrons. The van der Waals surface area contributed by atoms with Gasteiger partial charge in [-0.2, -0.15) is 0 Å². The van der Waals surface area contributed by atoms with Crippen molar-refractivity contribution in [3.63, 3.8) is 0 Å². The summed E-state index contributed by atoms with van der Waals surface area (Å²) in [7, 11) is 1.60. The predicted molar refractivity (Wildman–Crippen MR) is 50.2 cm³/mol. The first-order valence-corrected chi connectivity index (χ1v) is 4.53. The number of halogens is 2. The molecule has 0 spiro atoms. The second-order valence-electron chi connectivity index (χ2n) is 2.24. The highest BCUT2D eigenvalue weighted by Crippen LogP contribution is 2.20. The largest absolute Gasteiger partial charge is 0.374 e. The monoisotopic (exact) mass is 250 g/mol. The molecule has 1 heterocycles. The molecule has 1 rings (SSSR count). The van der Waals surface area contributed by atoms with Crippen LogP contribution in [0.3, 0.4) is 0 Å². The molecule has 0 aliphatic heterocycles. The summed E-state index contributed by atoms with van der Waals surface area (Å²) >= 11 is 8.96. The second-order valence-corrected chi connectivity index (χ2v) is 3.46. The Hall–Kier alpha value is -0.190. The first-order chi connectivity index (χ1) is 5.65. The van der Waals surface area contributed by atoms with Gasteiger partial charge in [-0.25, -0.2) is 9.97 Å². The fraction of sp³-hybridized carbons (Fsp3) is 0.429. The standard InChI is InChI=1S/C7H8BrClN2O/c1-4(12-2)7-10-3-5(8)6(9)11-7/h3-4H,1-2H3. The third-order valence-electron chi connectivity index (χ3n) is 1.44. The second kappa shape index (κ2) is 4.16. The first-order valence-electron chi connectivity index (χ1n) is 3.36. The average Bonchev–Trinajstić information content (AvgIpc) is 2.08. The van der Waals surface area contributed by atoms with Crippen molar-refractivity contribution in [1.29, 1.82) is 0 Å². The van der Waals surface area contributed by atoms with Gasteiger partial charge in [0.05, 0.1) is 4.47 Å². The van der Waals surface area contributed by atoms with E-state index in [2.05, 4.69) is 25.9 Å². The molecular formula is C7H8BrClN2O. The van der Waals surface area contributed by atoms with Crippen molar-refractivity contribution in [2.45, 2.75) is 13.0 Å². The van der Waals surface area contributed by atoms with Crippen molar-refractivity contribution in [2.75, 3.05) is 7.11 Å². The van der Waals surface area contributed by atoms with Gasteiger partial charge in [-0.3, -0.25) is 0 Å². The maximum atomic E-state index is 5.76. The maximum absolute atomic E-state index is 5.76. The molecule has 1 atom stereocenters. The van der Waals surface area contributed by atoms with E-state index in [-0.39, 0.29) is 6.10 Å². The Morgan fingerprint density at radius 3 is 2.83 bits per heavy atom. The van der Waals surface area contributed by atoms with Crippen molar-refractivity contribution in [3.05, 3.63) is 21.6 Å². The van der Waals surface area contributed by atoms with E-state index in [4.69, 9.17) is 16.3 Å². The fourth-order valence-corrected chi connectivity index (χ4v) is 0.987. The Labute approximate surface area is 84.2 Å². The van der Waals surface area contributed by atoms with Crippen LogP contribution in [-0.4, -0.2) is 17.1 Å². The predicted octanol–water partition coefficient (Wildman–Crippen LogP) is 2.60. The molecule has 0 bridgehead atoms. The van der Waals surface area contributed by atoms with Crippen LogP contribution in [0.1, 0.15) is 18.9 Å².